The van der Waals surface area contributed by atoms with E-state index in [0.29, 0.717) is 0 Å². The van der Waals surface area contributed by atoms with Gasteiger partial charge in [0.1, 0.15) is 0 Å². The molecule has 4 aromatic carbocycles. The first-order chi connectivity index (χ1) is 18.7. The number of rotatable bonds is 8. The van der Waals surface area contributed by atoms with Gasteiger partial charge in [-0.3, -0.25) is 4.98 Å². The van der Waals surface area contributed by atoms with Crippen molar-refractivity contribution in [2.45, 2.75) is 6.92 Å². The first kappa shape index (κ1) is 25.0. The maximum atomic E-state index is 4.10. The molecule has 2 heteroatoms. The second-order valence-corrected chi connectivity index (χ2v) is 9.28. The van der Waals surface area contributed by atoms with Gasteiger partial charge in [-0.1, -0.05) is 109 Å². The van der Waals surface area contributed by atoms with Crippen LogP contribution in [0.3, 0.4) is 0 Å². The van der Waals surface area contributed by atoms with Gasteiger partial charge in [0.15, 0.2) is 0 Å². The second kappa shape index (κ2) is 12.0. The van der Waals surface area contributed by atoms with Crippen LogP contribution in [0.5, 0.6) is 0 Å². The average molecular weight is 493 g/mol. The van der Waals surface area contributed by atoms with E-state index in [1.54, 1.807) is 0 Å². The lowest BCUT2D eigenvalue weighted by Crippen LogP contribution is -2.15. The molecule has 0 saturated heterocycles. The molecule has 38 heavy (non-hydrogen) atoms. The fourth-order valence-corrected chi connectivity index (χ4v) is 4.61. The van der Waals surface area contributed by atoms with Crippen LogP contribution in [0.15, 0.2) is 134 Å². The Bertz CT molecular complexity index is 1500. The van der Waals surface area contributed by atoms with Gasteiger partial charge >= 0.3 is 0 Å². The predicted molar refractivity (Wildman–Crippen MR) is 163 cm³/mol. The molecule has 0 amide bonds. The summed E-state index contributed by atoms with van der Waals surface area (Å²) < 4.78 is 0. The zero-order chi connectivity index (χ0) is 26.2. The van der Waals surface area contributed by atoms with Crippen molar-refractivity contribution >= 4 is 29.0 Å². The molecule has 0 atom stereocenters. The van der Waals surface area contributed by atoms with Crippen molar-refractivity contribution < 1.29 is 0 Å². The van der Waals surface area contributed by atoms with E-state index < -0.39 is 0 Å². The van der Waals surface area contributed by atoms with Gasteiger partial charge in [-0.05, 0) is 75.7 Å². The van der Waals surface area contributed by atoms with Gasteiger partial charge in [-0.15, -0.1) is 0 Å². The molecule has 2 nitrogen and oxygen atoms in total. The van der Waals surface area contributed by atoms with Gasteiger partial charge in [0.05, 0.1) is 0 Å². The molecule has 0 N–H and O–H groups in total. The summed E-state index contributed by atoms with van der Waals surface area (Å²) in [6.45, 7) is 3.14. The maximum Gasteiger partial charge on any atom is 0.0363 e. The minimum absolute atomic E-state index is 0.970. The Morgan fingerprint density at radius 2 is 0.974 bits per heavy atom. The SMILES string of the molecule is CCN(C)c1ccc(/C(=C(\c2ccccc2)c2ccc(/C=C/c3ccncc3)cc2)c2ccccc2)cc1. The van der Waals surface area contributed by atoms with Crippen LogP contribution in [-0.2, 0) is 0 Å². The molecule has 186 valence electrons. The maximum absolute atomic E-state index is 4.10. The van der Waals surface area contributed by atoms with Crippen molar-refractivity contribution in [1.29, 1.82) is 0 Å². The van der Waals surface area contributed by atoms with Crippen molar-refractivity contribution in [2.75, 3.05) is 18.5 Å². The first-order valence-corrected chi connectivity index (χ1v) is 13.1. The smallest absolute Gasteiger partial charge is 0.0363 e. The summed E-state index contributed by atoms with van der Waals surface area (Å²) >= 11 is 0. The van der Waals surface area contributed by atoms with Gasteiger partial charge in [0, 0.05) is 31.7 Å². The monoisotopic (exact) mass is 492 g/mol. The summed E-state index contributed by atoms with van der Waals surface area (Å²) in [5.41, 5.74) is 10.7. The molecule has 0 aliphatic carbocycles. The van der Waals surface area contributed by atoms with E-state index in [1.165, 1.54) is 39.1 Å². The summed E-state index contributed by atoms with van der Waals surface area (Å²) in [6.07, 6.45) is 7.90. The molecule has 0 saturated carbocycles. The third-order valence-corrected chi connectivity index (χ3v) is 6.82. The van der Waals surface area contributed by atoms with E-state index in [2.05, 4.69) is 145 Å². The molecule has 1 aromatic heterocycles. The lowest BCUT2D eigenvalue weighted by Gasteiger charge is -2.20. The molecule has 0 fully saturated rings. The Balaban J connectivity index is 1.65. The van der Waals surface area contributed by atoms with Gasteiger partial charge in [-0.2, -0.15) is 0 Å². The van der Waals surface area contributed by atoms with Crippen LogP contribution in [0.2, 0.25) is 0 Å². The van der Waals surface area contributed by atoms with Crippen LogP contribution in [-0.4, -0.2) is 18.6 Å². The number of pyridine rings is 1. The Morgan fingerprint density at radius 3 is 1.45 bits per heavy atom. The van der Waals surface area contributed by atoms with Crippen LogP contribution in [0.4, 0.5) is 5.69 Å². The van der Waals surface area contributed by atoms with Crippen molar-refractivity contribution in [3.63, 3.8) is 0 Å². The highest BCUT2D eigenvalue weighted by atomic mass is 15.1. The predicted octanol–water partition coefficient (Wildman–Crippen LogP) is 8.72. The number of hydrogen-bond acceptors (Lipinski definition) is 2. The summed E-state index contributed by atoms with van der Waals surface area (Å²) in [5.74, 6) is 0. The lowest BCUT2D eigenvalue weighted by molar-refractivity contribution is 0.968. The van der Waals surface area contributed by atoms with E-state index in [4.69, 9.17) is 0 Å². The summed E-state index contributed by atoms with van der Waals surface area (Å²) in [4.78, 5) is 6.36. The Labute approximate surface area is 226 Å². The summed E-state index contributed by atoms with van der Waals surface area (Å²) in [5, 5.41) is 0. The largest absolute Gasteiger partial charge is 0.375 e. The van der Waals surface area contributed by atoms with Gasteiger partial charge in [0.25, 0.3) is 0 Å². The van der Waals surface area contributed by atoms with E-state index in [9.17, 15) is 0 Å². The molecular weight excluding hydrogens is 460 g/mol. The van der Waals surface area contributed by atoms with Crippen molar-refractivity contribution in [2.24, 2.45) is 0 Å². The fraction of sp³-hybridized carbons (Fsp3) is 0.0833. The number of benzene rings is 4. The Morgan fingerprint density at radius 1 is 0.553 bits per heavy atom. The molecule has 0 aliphatic rings. The molecule has 0 radical (unpaired) electrons. The highest BCUT2D eigenvalue weighted by molar-refractivity contribution is 6.04. The van der Waals surface area contributed by atoms with E-state index in [1.807, 2.05) is 24.5 Å². The van der Waals surface area contributed by atoms with Crippen molar-refractivity contribution in [3.8, 4) is 0 Å². The molecule has 1 heterocycles. The Hall–Kier alpha value is -4.69. The van der Waals surface area contributed by atoms with Crippen LogP contribution < -0.4 is 4.90 Å². The normalized spacial score (nSPS) is 11.8. The van der Waals surface area contributed by atoms with Crippen LogP contribution in [0.25, 0.3) is 23.3 Å². The highest BCUT2D eigenvalue weighted by Crippen LogP contribution is 2.37. The molecular formula is C36H32N2. The molecule has 0 aliphatic heterocycles. The van der Waals surface area contributed by atoms with Crippen LogP contribution in [0.1, 0.15) is 40.3 Å². The highest BCUT2D eigenvalue weighted by Gasteiger charge is 2.16. The zero-order valence-electron chi connectivity index (χ0n) is 22.0. The topological polar surface area (TPSA) is 16.1 Å². The minimum Gasteiger partial charge on any atom is -0.375 e. The van der Waals surface area contributed by atoms with Gasteiger partial charge in [-0.25, -0.2) is 0 Å². The first-order valence-electron chi connectivity index (χ1n) is 13.1. The summed E-state index contributed by atoms with van der Waals surface area (Å²) in [7, 11) is 2.13. The van der Waals surface area contributed by atoms with Crippen LogP contribution >= 0.6 is 0 Å². The summed E-state index contributed by atoms with van der Waals surface area (Å²) in [6, 6.07) is 43.2. The fourth-order valence-electron chi connectivity index (χ4n) is 4.61. The lowest BCUT2D eigenvalue weighted by atomic mass is 9.85. The van der Waals surface area contributed by atoms with E-state index >= 15 is 0 Å². The molecule has 5 rings (SSSR count). The third kappa shape index (κ3) is 5.82. The Kier molecular flexibility index (Phi) is 7.91. The standard InChI is InChI=1S/C36H32N2/c1-3-38(2)34-22-20-33(21-23-34)36(31-12-8-5-9-13-31)35(30-10-6-4-7-11-30)32-18-16-28(17-19-32)14-15-29-24-26-37-27-25-29/h4-27H,3H2,1-2H3/b15-14+,36-35+. The van der Waals surface area contributed by atoms with Crippen molar-refractivity contribution in [3.05, 3.63) is 167 Å². The third-order valence-electron chi connectivity index (χ3n) is 6.82. The van der Waals surface area contributed by atoms with Gasteiger partial charge in [0.2, 0.25) is 0 Å². The quantitative estimate of drug-likeness (QED) is 0.201. The number of nitrogens with zero attached hydrogens (tertiary/aromatic N) is 2. The minimum atomic E-state index is 0.970. The molecule has 0 bridgehead atoms. The zero-order valence-corrected chi connectivity index (χ0v) is 22.0. The van der Waals surface area contributed by atoms with Crippen molar-refractivity contribution in [1.82, 2.24) is 4.98 Å². The second-order valence-electron chi connectivity index (χ2n) is 9.28. The van der Waals surface area contributed by atoms with E-state index in [-0.39, 0.29) is 0 Å². The van der Waals surface area contributed by atoms with E-state index in [0.717, 1.165) is 17.7 Å². The molecule has 0 unspecified atom stereocenters. The van der Waals surface area contributed by atoms with Crippen LogP contribution in [0, 0.1) is 0 Å². The van der Waals surface area contributed by atoms with Gasteiger partial charge < -0.3 is 4.90 Å². The number of aromatic nitrogens is 1. The average Bonchev–Trinajstić information content (AvgIpc) is 3.00. The molecule has 0 spiro atoms. The molecule has 5 aromatic rings. The number of anilines is 1. The number of hydrogen-bond donors (Lipinski definition) is 0.